The number of carbonyl (C=O) groups is 1. The predicted molar refractivity (Wildman–Crippen MR) is 140 cm³/mol. The number of aryl methyl sites for hydroxylation is 1. The monoisotopic (exact) mass is 471 g/mol. The SMILES string of the molecule is COc1ccc(-c2cc(-c3ccc(C)cc3)c3c(N)c(C(=O)N4CCC(C)CC4)sc3n2)cc1. The average Bonchev–Trinajstić information content (AvgIpc) is 3.20. The van der Waals surface area contributed by atoms with Crippen LogP contribution in [0.5, 0.6) is 5.75 Å². The number of hydrogen-bond donors (Lipinski definition) is 1. The van der Waals surface area contributed by atoms with Crippen LogP contribution in [0, 0.1) is 12.8 Å². The van der Waals surface area contributed by atoms with Gasteiger partial charge in [0.1, 0.15) is 15.5 Å². The molecule has 0 saturated carbocycles. The van der Waals surface area contributed by atoms with Gasteiger partial charge in [0.2, 0.25) is 0 Å². The summed E-state index contributed by atoms with van der Waals surface area (Å²) in [5.74, 6) is 1.48. The number of hydrogen-bond acceptors (Lipinski definition) is 5. The fourth-order valence-corrected chi connectivity index (χ4v) is 5.59. The third-order valence-electron chi connectivity index (χ3n) is 6.71. The van der Waals surface area contributed by atoms with Crippen LogP contribution in [0.15, 0.2) is 54.6 Å². The van der Waals surface area contributed by atoms with Crippen LogP contribution in [0.3, 0.4) is 0 Å². The van der Waals surface area contributed by atoms with E-state index in [4.69, 9.17) is 15.5 Å². The van der Waals surface area contributed by atoms with Crippen LogP contribution in [0.1, 0.15) is 35.0 Å². The van der Waals surface area contributed by atoms with Crippen molar-refractivity contribution in [3.8, 4) is 28.1 Å². The van der Waals surface area contributed by atoms with Crippen molar-refractivity contribution >= 4 is 33.1 Å². The second kappa shape index (κ2) is 9.11. The van der Waals surface area contributed by atoms with E-state index < -0.39 is 0 Å². The molecule has 1 aliphatic heterocycles. The summed E-state index contributed by atoms with van der Waals surface area (Å²) in [6.45, 7) is 5.88. The minimum absolute atomic E-state index is 0.0215. The Morgan fingerprint density at radius 1 is 1.06 bits per heavy atom. The highest BCUT2D eigenvalue weighted by Gasteiger charge is 2.27. The van der Waals surface area contributed by atoms with Gasteiger partial charge in [-0.1, -0.05) is 36.8 Å². The van der Waals surface area contributed by atoms with Crippen LogP contribution in [-0.4, -0.2) is 36.0 Å². The number of nitrogens with two attached hydrogens (primary N) is 1. The number of aromatic nitrogens is 1. The molecule has 1 fully saturated rings. The number of fused-ring (bicyclic) bond motifs is 1. The number of benzene rings is 2. The van der Waals surface area contributed by atoms with Crippen LogP contribution >= 0.6 is 11.3 Å². The number of pyridine rings is 1. The maximum Gasteiger partial charge on any atom is 0.266 e. The molecule has 0 aliphatic carbocycles. The number of likely N-dealkylation sites (tertiary alicyclic amines) is 1. The van der Waals surface area contributed by atoms with E-state index in [1.165, 1.54) is 16.9 Å². The Kier molecular flexibility index (Phi) is 6.00. The van der Waals surface area contributed by atoms with Crippen molar-refractivity contribution in [3.63, 3.8) is 0 Å². The first-order valence-electron chi connectivity index (χ1n) is 11.7. The van der Waals surface area contributed by atoms with Crippen molar-refractivity contribution in [1.29, 1.82) is 0 Å². The summed E-state index contributed by atoms with van der Waals surface area (Å²) in [6, 6.07) is 18.3. The smallest absolute Gasteiger partial charge is 0.266 e. The maximum atomic E-state index is 13.4. The third kappa shape index (κ3) is 4.14. The fourth-order valence-electron chi connectivity index (χ4n) is 4.51. The molecule has 34 heavy (non-hydrogen) atoms. The Labute approximate surface area is 204 Å². The molecule has 0 bridgehead atoms. The number of anilines is 1. The Morgan fingerprint density at radius 3 is 2.35 bits per heavy atom. The van der Waals surface area contributed by atoms with Crippen molar-refractivity contribution in [1.82, 2.24) is 9.88 Å². The zero-order valence-electron chi connectivity index (χ0n) is 19.8. The molecular weight excluding hydrogens is 442 g/mol. The van der Waals surface area contributed by atoms with E-state index in [0.717, 1.165) is 64.3 Å². The standard InChI is InChI=1S/C28H29N3O2S/c1-17-4-6-19(7-5-17)22-16-23(20-8-10-21(33-3)11-9-20)30-27-24(22)25(29)26(34-27)28(32)31-14-12-18(2)13-15-31/h4-11,16,18H,12-15,29H2,1-3H3. The molecule has 1 aliphatic rings. The van der Waals surface area contributed by atoms with E-state index in [1.807, 2.05) is 29.2 Å². The average molecular weight is 472 g/mol. The first-order chi connectivity index (χ1) is 16.4. The van der Waals surface area contributed by atoms with Crippen LogP contribution < -0.4 is 10.5 Å². The summed E-state index contributed by atoms with van der Waals surface area (Å²) in [5.41, 5.74) is 12.3. The predicted octanol–water partition coefficient (Wildman–Crippen LogP) is 6.40. The number of carbonyl (C=O) groups excluding carboxylic acids is 1. The normalized spacial score (nSPS) is 14.5. The minimum Gasteiger partial charge on any atom is -0.497 e. The zero-order valence-corrected chi connectivity index (χ0v) is 20.6. The van der Waals surface area contributed by atoms with Gasteiger partial charge >= 0.3 is 0 Å². The van der Waals surface area contributed by atoms with E-state index in [9.17, 15) is 4.79 Å². The van der Waals surface area contributed by atoms with Gasteiger partial charge < -0.3 is 15.4 Å². The largest absolute Gasteiger partial charge is 0.497 e. The van der Waals surface area contributed by atoms with Crippen molar-refractivity contribution in [2.45, 2.75) is 26.7 Å². The lowest BCUT2D eigenvalue weighted by atomic mass is 9.98. The number of amides is 1. The second-order valence-corrected chi connectivity index (χ2v) is 10.1. The number of nitrogens with zero attached hydrogens (tertiary/aromatic N) is 2. The molecule has 174 valence electrons. The summed E-state index contributed by atoms with van der Waals surface area (Å²) >= 11 is 1.40. The number of rotatable bonds is 4. The second-order valence-electron chi connectivity index (χ2n) is 9.15. The lowest BCUT2D eigenvalue weighted by molar-refractivity contribution is 0.0703. The molecule has 4 aromatic rings. The Morgan fingerprint density at radius 2 is 1.71 bits per heavy atom. The van der Waals surface area contributed by atoms with Crippen molar-refractivity contribution in [3.05, 3.63) is 65.0 Å². The molecule has 2 aromatic heterocycles. The zero-order chi connectivity index (χ0) is 23.8. The van der Waals surface area contributed by atoms with Crippen molar-refractivity contribution in [2.24, 2.45) is 5.92 Å². The number of methoxy groups -OCH3 is 1. The molecule has 0 spiro atoms. The molecule has 3 heterocycles. The van der Waals surface area contributed by atoms with Gasteiger partial charge in [-0.05, 0) is 67.1 Å². The molecule has 0 radical (unpaired) electrons. The molecule has 1 saturated heterocycles. The molecular formula is C28H29N3O2S. The summed E-state index contributed by atoms with van der Waals surface area (Å²) < 4.78 is 5.31. The summed E-state index contributed by atoms with van der Waals surface area (Å²) in [7, 11) is 1.66. The first-order valence-corrected chi connectivity index (χ1v) is 12.5. The van der Waals surface area contributed by atoms with Crippen LogP contribution in [-0.2, 0) is 0 Å². The highest BCUT2D eigenvalue weighted by Crippen LogP contribution is 2.42. The van der Waals surface area contributed by atoms with Gasteiger partial charge in [0.05, 0.1) is 18.5 Å². The number of piperidine rings is 1. The van der Waals surface area contributed by atoms with Gasteiger partial charge in [0, 0.05) is 24.0 Å². The van der Waals surface area contributed by atoms with Gasteiger partial charge in [-0.3, -0.25) is 4.79 Å². The molecule has 1 amide bonds. The van der Waals surface area contributed by atoms with Gasteiger partial charge in [-0.25, -0.2) is 4.98 Å². The first kappa shape index (κ1) is 22.4. The highest BCUT2D eigenvalue weighted by molar-refractivity contribution is 7.21. The number of nitrogen functional groups attached to an aromatic ring is 1. The van der Waals surface area contributed by atoms with Crippen molar-refractivity contribution in [2.75, 3.05) is 25.9 Å². The lowest BCUT2D eigenvalue weighted by Gasteiger charge is -2.30. The van der Waals surface area contributed by atoms with E-state index in [0.29, 0.717) is 16.5 Å². The minimum atomic E-state index is 0.0215. The van der Waals surface area contributed by atoms with E-state index >= 15 is 0 Å². The number of thiophene rings is 1. The van der Waals surface area contributed by atoms with E-state index in [1.54, 1.807) is 7.11 Å². The van der Waals surface area contributed by atoms with Gasteiger partial charge in [-0.2, -0.15) is 0 Å². The van der Waals surface area contributed by atoms with Gasteiger partial charge in [-0.15, -0.1) is 11.3 Å². The van der Waals surface area contributed by atoms with E-state index in [2.05, 4.69) is 44.2 Å². The summed E-state index contributed by atoms with van der Waals surface area (Å²) in [5, 5.41) is 0.861. The molecule has 5 rings (SSSR count). The molecule has 0 unspecified atom stereocenters. The maximum absolute atomic E-state index is 13.4. The third-order valence-corrected chi connectivity index (χ3v) is 7.80. The molecule has 5 nitrogen and oxygen atoms in total. The topological polar surface area (TPSA) is 68.5 Å². The molecule has 0 atom stereocenters. The quantitative estimate of drug-likeness (QED) is 0.374. The highest BCUT2D eigenvalue weighted by atomic mass is 32.1. The summed E-state index contributed by atoms with van der Waals surface area (Å²) in [6.07, 6.45) is 2.07. The van der Waals surface area contributed by atoms with Crippen LogP contribution in [0.4, 0.5) is 5.69 Å². The van der Waals surface area contributed by atoms with E-state index in [-0.39, 0.29) is 5.91 Å². The fraction of sp³-hybridized carbons (Fsp3) is 0.286. The Hall–Kier alpha value is -3.38. The Bertz CT molecular complexity index is 1340. The van der Waals surface area contributed by atoms with Crippen LogP contribution in [0.2, 0.25) is 0 Å². The molecule has 6 heteroatoms. The lowest BCUT2D eigenvalue weighted by Crippen LogP contribution is -2.37. The van der Waals surface area contributed by atoms with Crippen molar-refractivity contribution < 1.29 is 9.53 Å². The van der Waals surface area contributed by atoms with Gasteiger partial charge in [0.15, 0.2) is 0 Å². The van der Waals surface area contributed by atoms with Crippen LogP contribution in [0.25, 0.3) is 32.6 Å². The molecule has 2 N–H and O–H groups in total. The molecule has 2 aromatic carbocycles. The summed E-state index contributed by atoms with van der Waals surface area (Å²) in [4.78, 5) is 21.7. The Balaban J connectivity index is 1.66. The number of ether oxygens (including phenoxy) is 1. The van der Waals surface area contributed by atoms with Gasteiger partial charge in [0.25, 0.3) is 5.91 Å².